The van der Waals surface area contributed by atoms with Crippen molar-refractivity contribution in [2.24, 2.45) is 0 Å². The molecule has 6 nitrogen and oxygen atoms in total. The Bertz CT molecular complexity index is 895. The average Bonchev–Trinajstić information content (AvgIpc) is 2.81. The van der Waals surface area contributed by atoms with Gasteiger partial charge >= 0.3 is 0 Å². The predicted molar refractivity (Wildman–Crippen MR) is 122 cm³/mol. The second-order valence-electron chi connectivity index (χ2n) is 8.58. The first-order chi connectivity index (χ1) is 15.0. The Morgan fingerprint density at radius 3 is 2.32 bits per heavy atom. The molecule has 0 aromatic heterocycles. The van der Waals surface area contributed by atoms with E-state index in [-0.39, 0.29) is 17.4 Å². The Balaban J connectivity index is 1.32. The number of likely N-dealkylation sites (tertiary alicyclic amines) is 1. The molecule has 0 bridgehead atoms. The summed E-state index contributed by atoms with van der Waals surface area (Å²) in [4.78, 5) is 31.2. The van der Waals surface area contributed by atoms with Crippen molar-refractivity contribution in [3.05, 3.63) is 60.7 Å². The first kappa shape index (κ1) is 21.5. The zero-order chi connectivity index (χ0) is 21.8. The van der Waals surface area contributed by atoms with E-state index in [4.69, 9.17) is 4.74 Å². The number of para-hydroxylation sites is 2. The van der Waals surface area contributed by atoms with Gasteiger partial charge in [-0.2, -0.15) is 0 Å². The summed E-state index contributed by atoms with van der Waals surface area (Å²) >= 11 is 0. The minimum Gasteiger partial charge on any atom is -0.360 e. The largest absolute Gasteiger partial charge is 0.360 e. The fraction of sp³-hybridized carbons (Fsp3) is 0.440. The van der Waals surface area contributed by atoms with E-state index in [2.05, 4.69) is 4.90 Å². The fourth-order valence-electron chi connectivity index (χ4n) is 4.55. The molecule has 6 heteroatoms. The molecule has 0 radical (unpaired) electrons. The molecule has 2 aromatic carbocycles. The van der Waals surface area contributed by atoms with Gasteiger partial charge in [-0.1, -0.05) is 36.4 Å². The highest BCUT2D eigenvalue weighted by molar-refractivity contribution is 5.97. The van der Waals surface area contributed by atoms with Gasteiger partial charge in [-0.3, -0.25) is 9.59 Å². The van der Waals surface area contributed by atoms with E-state index in [1.165, 1.54) is 0 Å². The molecule has 0 aliphatic carbocycles. The van der Waals surface area contributed by atoms with Crippen molar-refractivity contribution in [1.29, 1.82) is 0 Å². The zero-order valence-electron chi connectivity index (χ0n) is 18.4. The van der Waals surface area contributed by atoms with Crippen LogP contribution in [0.15, 0.2) is 60.7 Å². The number of carbonyl (C=O) groups is 2. The van der Waals surface area contributed by atoms with Crippen LogP contribution in [0.3, 0.4) is 0 Å². The second kappa shape index (κ2) is 9.20. The number of morpholine rings is 1. The summed E-state index contributed by atoms with van der Waals surface area (Å²) < 4.78 is 6.26. The average molecular weight is 422 g/mol. The van der Waals surface area contributed by atoms with Gasteiger partial charge in [-0.15, -0.1) is 0 Å². The summed E-state index contributed by atoms with van der Waals surface area (Å²) in [6.07, 6.45) is 1.76. The summed E-state index contributed by atoms with van der Waals surface area (Å²) in [5.74, 6) is 0.142. The second-order valence-corrected chi connectivity index (χ2v) is 8.58. The van der Waals surface area contributed by atoms with Crippen molar-refractivity contribution in [2.75, 3.05) is 43.0 Å². The van der Waals surface area contributed by atoms with Crippen molar-refractivity contribution in [3.8, 4) is 0 Å². The lowest BCUT2D eigenvalue weighted by atomic mass is 9.88. The summed E-state index contributed by atoms with van der Waals surface area (Å²) in [7, 11) is 1.83. The van der Waals surface area contributed by atoms with Crippen LogP contribution in [0.1, 0.15) is 26.2 Å². The van der Waals surface area contributed by atoms with Crippen LogP contribution in [0.2, 0.25) is 0 Å². The van der Waals surface area contributed by atoms with E-state index >= 15 is 0 Å². The molecule has 2 aliphatic heterocycles. The van der Waals surface area contributed by atoms with Crippen LogP contribution in [-0.4, -0.2) is 61.6 Å². The number of hydrogen-bond acceptors (Lipinski definition) is 4. The summed E-state index contributed by atoms with van der Waals surface area (Å²) in [6.45, 7) is 4.91. The monoisotopic (exact) mass is 421 g/mol. The van der Waals surface area contributed by atoms with Crippen LogP contribution in [-0.2, 0) is 14.3 Å². The lowest BCUT2D eigenvalue weighted by molar-refractivity contribution is -0.161. The van der Waals surface area contributed by atoms with Crippen molar-refractivity contribution in [3.63, 3.8) is 0 Å². The standard InChI is InChI=1S/C25H31N3O3/c1-20-24(30)28(22-11-7-4-8-12-22)19-25(31-20)14-17-27(18-15-25)16-13-23(29)26(2)21-9-5-3-6-10-21/h3-12,20H,13-19H2,1-2H3. The molecule has 1 spiro atoms. The zero-order valence-corrected chi connectivity index (χ0v) is 18.4. The van der Waals surface area contributed by atoms with Gasteiger partial charge in [-0.25, -0.2) is 0 Å². The van der Waals surface area contributed by atoms with E-state index in [1.54, 1.807) is 4.90 Å². The van der Waals surface area contributed by atoms with Gasteiger partial charge in [0, 0.05) is 44.5 Å². The van der Waals surface area contributed by atoms with Gasteiger partial charge in [0.05, 0.1) is 12.1 Å². The Morgan fingerprint density at radius 1 is 1.06 bits per heavy atom. The van der Waals surface area contributed by atoms with Gasteiger partial charge in [0.15, 0.2) is 0 Å². The maximum atomic E-state index is 12.7. The van der Waals surface area contributed by atoms with E-state index in [0.29, 0.717) is 13.0 Å². The Hall–Kier alpha value is -2.70. The maximum absolute atomic E-state index is 12.7. The van der Waals surface area contributed by atoms with Crippen LogP contribution in [0.25, 0.3) is 0 Å². The first-order valence-corrected chi connectivity index (χ1v) is 11.1. The van der Waals surface area contributed by atoms with E-state index in [0.717, 1.165) is 43.9 Å². The number of amides is 2. The number of rotatable bonds is 5. The third-order valence-electron chi connectivity index (χ3n) is 6.48. The molecular formula is C25H31N3O3. The van der Waals surface area contributed by atoms with Crippen LogP contribution in [0, 0.1) is 0 Å². The van der Waals surface area contributed by atoms with Gasteiger partial charge < -0.3 is 19.4 Å². The molecule has 2 heterocycles. The normalized spacial score (nSPS) is 21.3. The highest BCUT2D eigenvalue weighted by Crippen LogP contribution is 2.35. The Morgan fingerprint density at radius 2 is 1.68 bits per heavy atom. The summed E-state index contributed by atoms with van der Waals surface area (Å²) in [5, 5.41) is 0. The molecule has 2 aliphatic rings. The molecule has 31 heavy (non-hydrogen) atoms. The highest BCUT2D eigenvalue weighted by Gasteiger charge is 2.45. The van der Waals surface area contributed by atoms with Crippen molar-refractivity contribution in [2.45, 2.75) is 37.9 Å². The van der Waals surface area contributed by atoms with Gasteiger partial charge in [0.1, 0.15) is 6.10 Å². The van der Waals surface area contributed by atoms with Crippen molar-refractivity contribution < 1.29 is 14.3 Å². The Labute approximate surface area is 184 Å². The molecule has 1 atom stereocenters. The van der Waals surface area contributed by atoms with Crippen molar-refractivity contribution >= 4 is 23.2 Å². The number of piperidine rings is 1. The third kappa shape index (κ3) is 4.81. The number of ether oxygens (including phenoxy) is 1. The number of hydrogen-bond donors (Lipinski definition) is 0. The molecule has 1 unspecified atom stereocenters. The highest BCUT2D eigenvalue weighted by atomic mass is 16.5. The minimum atomic E-state index is -0.443. The molecule has 2 amide bonds. The lowest BCUT2D eigenvalue weighted by Crippen LogP contribution is -2.61. The van der Waals surface area contributed by atoms with Gasteiger partial charge in [-0.05, 0) is 44.0 Å². The number of benzene rings is 2. The fourth-order valence-corrected chi connectivity index (χ4v) is 4.55. The summed E-state index contributed by atoms with van der Waals surface area (Å²) in [6, 6.07) is 19.6. The molecule has 4 rings (SSSR count). The van der Waals surface area contributed by atoms with E-state index in [1.807, 2.05) is 79.5 Å². The van der Waals surface area contributed by atoms with Crippen LogP contribution < -0.4 is 9.80 Å². The summed E-state index contributed by atoms with van der Waals surface area (Å²) in [5.41, 5.74) is 1.53. The predicted octanol–water partition coefficient (Wildman–Crippen LogP) is 3.33. The first-order valence-electron chi connectivity index (χ1n) is 11.1. The molecule has 164 valence electrons. The minimum absolute atomic E-state index is 0.0220. The SMILES string of the molecule is CC1OC2(CCN(CCC(=O)N(C)c3ccccc3)CC2)CN(c2ccccc2)C1=O. The molecule has 2 fully saturated rings. The molecule has 2 aromatic rings. The van der Waals surface area contributed by atoms with Crippen LogP contribution >= 0.6 is 0 Å². The number of carbonyl (C=O) groups excluding carboxylic acids is 2. The topological polar surface area (TPSA) is 53.1 Å². The Kier molecular flexibility index (Phi) is 6.39. The molecule has 0 N–H and O–H groups in total. The van der Waals surface area contributed by atoms with Crippen LogP contribution in [0.4, 0.5) is 11.4 Å². The van der Waals surface area contributed by atoms with Crippen molar-refractivity contribution in [1.82, 2.24) is 4.90 Å². The maximum Gasteiger partial charge on any atom is 0.255 e. The smallest absolute Gasteiger partial charge is 0.255 e. The van der Waals surface area contributed by atoms with Gasteiger partial charge in [0.25, 0.3) is 5.91 Å². The van der Waals surface area contributed by atoms with Crippen LogP contribution in [0.5, 0.6) is 0 Å². The van der Waals surface area contributed by atoms with E-state index < -0.39 is 6.10 Å². The van der Waals surface area contributed by atoms with Gasteiger partial charge in [0.2, 0.25) is 5.91 Å². The quantitative estimate of drug-likeness (QED) is 0.743. The molecule has 2 saturated heterocycles. The molecular weight excluding hydrogens is 390 g/mol. The van der Waals surface area contributed by atoms with E-state index in [9.17, 15) is 9.59 Å². The molecule has 0 saturated carbocycles. The lowest BCUT2D eigenvalue weighted by Gasteiger charge is -2.49. The number of nitrogens with zero attached hydrogens (tertiary/aromatic N) is 3. The third-order valence-corrected chi connectivity index (χ3v) is 6.48. The number of anilines is 2.